The Morgan fingerprint density at radius 1 is 1.38 bits per heavy atom. The van der Waals surface area contributed by atoms with E-state index in [1.807, 2.05) is 0 Å². The van der Waals surface area contributed by atoms with E-state index in [9.17, 15) is 19.5 Å². The Kier molecular flexibility index (Phi) is 7.49. The van der Waals surface area contributed by atoms with Crippen LogP contribution in [-0.4, -0.2) is 58.0 Å². The number of hydrogen-bond acceptors (Lipinski definition) is 10. The van der Waals surface area contributed by atoms with Crippen LogP contribution in [0.2, 0.25) is 0 Å². The lowest BCUT2D eigenvalue weighted by atomic mass is 10.2. The zero-order valence-corrected chi connectivity index (χ0v) is 13.8. The number of nitrogens with zero attached hydrogens (tertiary/aromatic N) is 2. The van der Waals surface area contributed by atoms with Crippen LogP contribution in [0, 0.1) is 0 Å². The molecule has 13 nitrogen and oxygen atoms in total. The molecule has 0 spiro atoms. The molecule has 0 aliphatic carbocycles. The van der Waals surface area contributed by atoms with Crippen LogP contribution in [0.25, 0.3) is 0 Å². The van der Waals surface area contributed by atoms with Gasteiger partial charge in [-0.3, -0.25) is 4.79 Å². The van der Waals surface area contributed by atoms with Crippen LogP contribution in [0.4, 0.5) is 4.79 Å². The highest BCUT2D eigenvalue weighted by molar-refractivity contribution is 5.86. The molecule has 0 bridgehead atoms. The number of ether oxygens (including phenoxy) is 1. The largest absolute Gasteiger partial charge is 0.510 e. The summed E-state index contributed by atoms with van der Waals surface area (Å²) < 4.78 is 9.33. The maximum atomic E-state index is 12.1. The first kappa shape index (κ1) is 20.9. The highest BCUT2D eigenvalue weighted by atomic mass is 16.5. The van der Waals surface area contributed by atoms with Crippen molar-refractivity contribution < 1.29 is 33.9 Å². The number of primary amides is 1. The van der Waals surface area contributed by atoms with Gasteiger partial charge in [-0.2, -0.15) is 4.98 Å². The lowest BCUT2D eigenvalue weighted by Gasteiger charge is -2.18. The summed E-state index contributed by atoms with van der Waals surface area (Å²) >= 11 is 0. The molecule has 1 aromatic heterocycles. The van der Waals surface area contributed by atoms with Gasteiger partial charge in [0.15, 0.2) is 11.9 Å². The fraction of sp³-hybridized carbons (Fsp3) is 0.462. The zero-order chi connectivity index (χ0) is 19.9. The number of nitrogens with one attached hydrogen (secondary N) is 2. The lowest BCUT2D eigenvalue weighted by molar-refractivity contribution is -0.142. The van der Waals surface area contributed by atoms with Crippen LogP contribution in [0.3, 0.4) is 0 Å². The average Bonchev–Trinajstić information content (AvgIpc) is 3.07. The number of hydrogen-bond donors (Lipinski definition) is 6. The number of urea groups is 1. The van der Waals surface area contributed by atoms with Crippen molar-refractivity contribution in [3.05, 3.63) is 24.1 Å². The molecular weight excluding hydrogens is 352 g/mol. The monoisotopic (exact) mass is 372 g/mol. The van der Waals surface area contributed by atoms with E-state index in [4.69, 9.17) is 21.1 Å². The minimum absolute atomic E-state index is 0.0460. The molecule has 0 aliphatic rings. The second-order valence-corrected chi connectivity index (χ2v) is 5.07. The first-order chi connectivity index (χ1) is 12.2. The van der Waals surface area contributed by atoms with Crippen molar-refractivity contribution in [2.45, 2.75) is 24.5 Å². The van der Waals surface area contributed by atoms with Gasteiger partial charge in [0.25, 0.3) is 0 Å². The smallest absolute Gasteiger partial charge is 0.336 e. The van der Waals surface area contributed by atoms with Gasteiger partial charge in [-0.15, -0.1) is 0 Å². The van der Waals surface area contributed by atoms with E-state index in [-0.39, 0.29) is 11.7 Å². The van der Waals surface area contributed by atoms with Gasteiger partial charge >= 0.3 is 12.0 Å². The number of aliphatic hydroxyl groups is 2. The van der Waals surface area contributed by atoms with Crippen molar-refractivity contribution in [1.29, 1.82) is 0 Å². The van der Waals surface area contributed by atoms with E-state index in [2.05, 4.69) is 32.1 Å². The van der Waals surface area contributed by atoms with Crippen LogP contribution < -0.4 is 22.1 Å². The number of carbonyl (C=O) groups is 3. The van der Waals surface area contributed by atoms with Gasteiger partial charge in [-0.25, -0.2) is 9.59 Å². The summed E-state index contributed by atoms with van der Waals surface area (Å²) in [4.78, 5) is 38.6. The standard InChI is InChI=1S/C13H20N6O7/c1-5(21)9(12(23)25-2)17-13(24)16-7(3-8(15)22)11-18-10(19-26-11)6(14)4-20/h6-7,9,20-21H,1,3-4,14H2,2H3,(H2,15,22)(H2,16,17,24)/t6-,7-,9-/m0/s1. The van der Waals surface area contributed by atoms with Crippen LogP contribution in [-0.2, 0) is 14.3 Å². The Morgan fingerprint density at radius 2 is 2.04 bits per heavy atom. The SMILES string of the molecule is C=C(O)[C@H](NC(=O)N[C@@H](CC(N)=O)c1nc([C@@H](N)CO)no1)C(=O)OC. The molecule has 1 rings (SSSR count). The normalized spacial score (nSPS) is 14.0. The third kappa shape index (κ3) is 5.71. The third-order valence-electron chi connectivity index (χ3n) is 3.04. The molecule has 0 fully saturated rings. The second kappa shape index (κ2) is 9.33. The third-order valence-corrected chi connectivity index (χ3v) is 3.04. The molecule has 0 radical (unpaired) electrons. The van der Waals surface area contributed by atoms with E-state index in [0.717, 1.165) is 7.11 Å². The molecule has 1 heterocycles. The first-order valence-corrected chi connectivity index (χ1v) is 7.20. The molecule has 0 aliphatic heterocycles. The zero-order valence-electron chi connectivity index (χ0n) is 13.8. The molecular formula is C13H20N6O7. The summed E-state index contributed by atoms with van der Waals surface area (Å²) in [7, 11) is 1.05. The Hall–Kier alpha value is -3.19. The maximum Gasteiger partial charge on any atom is 0.336 e. The molecule has 8 N–H and O–H groups in total. The van der Waals surface area contributed by atoms with E-state index in [1.54, 1.807) is 0 Å². The predicted octanol–water partition coefficient (Wildman–Crippen LogP) is -2.11. The minimum atomic E-state index is -1.53. The van der Waals surface area contributed by atoms with Crippen LogP contribution >= 0.6 is 0 Å². The summed E-state index contributed by atoms with van der Waals surface area (Å²) in [6, 6.07) is -4.58. The van der Waals surface area contributed by atoms with Gasteiger partial charge in [0.2, 0.25) is 11.8 Å². The van der Waals surface area contributed by atoms with Gasteiger partial charge in [-0.1, -0.05) is 11.7 Å². The van der Waals surface area contributed by atoms with Crippen molar-refractivity contribution in [2.75, 3.05) is 13.7 Å². The Bertz CT molecular complexity index is 676. The maximum absolute atomic E-state index is 12.1. The van der Waals surface area contributed by atoms with E-state index in [1.165, 1.54) is 0 Å². The number of aliphatic hydroxyl groups excluding tert-OH is 2. The molecule has 1 aromatic rings. The van der Waals surface area contributed by atoms with Crippen molar-refractivity contribution >= 4 is 17.9 Å². The molecule has 13 heteroatoms. The second-order valence-electron chi connectivity index (χ2n) is 5.07. The molecule has 0 saturated carbocycles. The van der Waals surface area contributed by atoms with E-state index >= 15 is 0 Å². The number of nitrogens with two attached hydrogens (primary N) is 2. The molecule has 0 saturated heterocycles. The van der Waals surface area contributed by atoms with Crippen molar-refractivity contribution in [3.8, 4) is 0 Å². The van der Waals surface area contributed by atoms with Crippen LogP contribution in [0.15, 0.2) is 16.9 Å². The van der Waals surface area contributed by atoms with Crippen LogP contribution in [0.5, 0.6) is 0 Å². The van der Waals surface area contributed by atoms with E-state index in [0.29, 0.717) is 0 Å². The van der Waals surface area contributed by atoms with Crippen molar-refractivity contribution in [1.82, 2.24) is 20.8 Å². The topological polar surface area (TPSA) is 216 Å². The highest BCUT2D eigenvalue weighted by Crippen LogP contribution is 2.16. The van der Waals surface area contributed by atoms with Crippen molar-refractivity contribution in [2.24, 2.45) is 11.5 Å². The molecule has 0 aromatic carbocycles. The fourth-order valence-electron chi connectivity index (χ4n) is 1.75. The summed E-state index contributed by atoms with van der Waals surface area (Å²) in [5.74, 6) is -2.66. The Morgan fingerprint density at radius 3 is 2.54 bits per heavy atom. The highest BCUT2D eigenvalue weighted by Gasteiger charge is 2.28. The lowest BCUT2D eigenvalue weighted by Crippen LogP contribution is -2.48. The van der Waals surface area contributed by atoms with Gasteiger partial charge in [0, 0.05) is 0 Å². The summed E-state index contributed by atoms with van der Waals surface area (Å²) in [6.45, 7) is 2.70. The van der Waals surface area contributed by atoms with Gasteiger partial charge in [0.05, 0.1) is 26.2 Å². The number of aromatic nitrogens is 2. The Balaban J connectivity index is 2.91. The molecule has 144 valence electrons. The van der Waals surface area contributed by atoms with Gasteiger partial charge < -0.3 is 41.6 Å². The quantitative estimate of drug-likeness (QED) is 0.205. The molecule has 0 unspecified atom stereocenters. The van der Waals surface area contributed by atoms with Crippen LogP contribution in [0.1, 0.15) is 30.2 Å². The molecule has 3 atom stereocenters. The number of esters is 1. The first-order valence-electron chi connectivity index (χ1n) is 7.20. The summed E-state index contributed by atoms with van der Waals surface area (Å²) in [5, 5.41) is 26.3. The molecule has 26 heavy (non-hydrogen) atoms. The summed E-state index contributed by atoms with van der Waals surface area (Å²) in [5.41, 5.74) is 10.7. The predicted molar refractivity (Wildman–Crippen MR) is 84.1 cm³/mol. The number of carbonyl (C=O) groups excluding carboxylic acids is 3. The van der Waals surface area contributed by atoms with Crippen molar-refractivity contribution in [3.63, 3.8) is 0 Å². The number of methoxy groups -OCH3 is 1. The van der Waals surface area contributed by atoms with Gasteiger partial charge in [0.1, 0.15) is 11.8 Å². The van der Waals surface area contributed by atoms with E-state index < -0.39 is 54.8 Å². The minimum Gasteiger partial charge on any atom is -0.510 e. The number of rotatable bonds is 9. The summed E-state index contributed by atoms with van der Waals surface area (Å²) in [6.07, 6.45) is -0.410. The molecule has 3 amide bonds. The Labute approximate surface area is 147 Å². The fourth-order valence-corrected chi connectivity index (χ4v) is 1.75. The van der Waals surface area contributed by atoms with Gasteiger partial charge in [-0.05, 0) is 0 Å². The number of amides is 3. The average molecular weight is 372 g/mol.